The fourth-order valence-corrected chi connectivity index (χ4v) is 2.28. The molecule has 0 spiro atoms. The summed E-state index contributed by atoms with van der Waals surface area (Å²) >= 11 is 1.62. The van der Waals surface area contributed by atoms with Gasteiger partial charge in [-0.1, -0.05) is 0 Å². The van der Waals surface area contributed by atoms with Gasteiger partial charge in [-0.15, -0.1) is 11.8 Å². The molecule has 1 unspecified atom stereocenters. The first-order valence-corrected chi connectivity index (χ1v) is 9.70. The summed E-state index contributed by atoms with van der Waals surface area (Å²) in [4.78, 5) is 25.8. The number of benzene rings is 1. The number of rotatable bonds is 6. The first kappa shape index (κ1) is 22.3. The molecule has 2 amide bonds. The molecule has 0 aliphatic carbocycles. The van der Waals surface area contributed by atoms with Gasteiger partial charge in [0.25, 0.3) is 0 Å². The minimum Gasteiger partial charge on any atom is -0.458 e. The number of hydrogen-bond acceptors (Lipinski definition) is 5. The molecule has 7 heteroatoms. The van der Waals surface area contributed by atoms with Gasteiger partial charge in [-0.3, -0.25) is 0 Å². The number of thioether (sulfide) groups is 1. The van der Waals surface area contributed by atoms with Crippen LogP contribution in [0.15, 0.2) is 29.2 Å². The van der Waals surface area contributed by atoms with Crippen LogP contribution in [-0.2, 0) is 14.3 Å². The number of anilines is 1. The highest BCUT2D eigenvalue weighted by Crippen LogP contribution is 2.17. The van der Waals surface area contributed by atoms with E-state index in [1.165, 1.54) is 0 Å². The molecular formula is C19H30N2O4S. The van der Waals surface area contributed by atoms with Crippen LogP contribution < -0.4 is 10.6 Å². The van der Waals surface area contributed by atoms with E-state index in [0.29, 0.717) is 5.69 Å². The van der Waals surface area contributed by atoms with E-state index >= 15 is 0 Å². The molecule has 26 heavy (non-hydrogen) atoms. The van der Waals surface area contributed by atoms with Crippen molar-refractivity contribution in [3.05, 3.63) is 24.3 Å². The minimum atomic E-state index is -0.904. The van der Waals surface area contributed by atoms with Crippen molar-refractivity contribution in [1.82, 2.24) is 5.32 Å². The number of urea groups is 1. The molecule has 1 rings (SSSR count). The third kappa shape index (κ3) is 9.10. The molecule has 0 aromatic heterocycles. The summed E-state index contributed by atoms with van der Waals surface area (Å²) in [5.74, 6) is -0.533. The normalized spacial score (nSPS) is 13.0. The van der Waals surface area contributed by atoms with E-state index in [1.54, 1.807) is 44.7 Å². The molecule has 0 bridgehead atoms. The Kier molecular flexibility index (Phi) is 7.96. The van der Waals surface area contributed by atoms with E-state index in [0.717, 1.165) is 4.90 Å². The van der Waals surface area contributed by atoms with Crippen LogP contribution in [0.5, 0.6) is 0 Å². The number of esters is 1. The molecule has 0 aliphatic rings. The van der Waals surface area contributed by atoms with Crippen LogP contribution in [0.25, 0.3) is 0 Å². The highest BCUT2D eigenvalue weighted by atomic mass is 32.2. The van der Waals surface area contributed by atoms with Crippen molar-refractivity contribution < 1.29 is 19.1 Å². The van der Waals surface area contributed by atoms with E-state index in [9.17, 15) is 9.59 Å². The van der Waals surface area contributed by atoms with Gasteiger partial charge in [-0.05, 0) is 72.1 Å². The first-order chi connectivity index (χ1) is 11.9. The van der Waals surface area contributed by atoms with Crippen molar-refractivity contribution >= 4 is 29.4 Å². The van der Waals surface area contributed by atoms with E-state index in [2.05, 4.69) is 10.6 Å². The maximum Gasteiger partial charge on any atom is 0.331 e. The molecule has 2 N–H and O–H groups in total. The summed E-state index contributed by atoms with van der Waals surface area (Å²) in [6.07, 6.45) is 1.98. The summed E-state index contributed by atoms with van der Waals surface area (Å²) < 4.78 is 11.0. The van der Waals surface area contributed by atoms with Crippen molar-refractivity contribution in [2.75, 3.05) is 18.2 Å². The van der Waals surface area contributed by atoms with Gasteiger partial charge >= 0.3 is 12.0 Å². The number of carbonyl (C=O) groups is 2. The molecule has 1 aromatic rings. The van der Waals surface area contributed by atoms with Crippen LogP contribution in [0, 0.1) is 0 Å². The van der Waals surface area contributed by atoms with Gasteiger partial charge in [-0.25, -0.2) is 9.59 Å². The zero-order valence-electron chi connectivity index (χ0n) is 16.6. The molecule has 146 valence electrons. The summed E-state index contributed by atoms with van der Waals surface area (Å²) in [6, 6.07) is 6.04. The molecule has 0 saturated carbocycles. The van der Waals surface area contributed by atoms with E-state index in [-0.39, 0.29) is 6.61 Å². The second kappa shape index (κ2) is 9.28. The van der Waals surface area contributed by atoms with Crippen LogP contribution in [-0.4, -0.2) is 42.1 Å². The predicted molar refractivity (Wildman–Crippen MR) is 106 cm³/mol. The lowest BCUT2D eigenvalue weighted by Crippen LogP contribution is -2.49. The third-order valence-corrected chi connectivity index (χ3v) is 3.77. The second-order valence-corrected chi connectivity index (χ2v) is 8.72. The quantitative estimate of drug-likeness (QED) is 0.573. The zero-order chi connectivity index (χ0) is 20.0. The second-order valence-electron chi connectivity index (χ2n) is 7.84. The molecule has 1 atom stereocenters. The Hall–Kier alpha value is -1.73. The van der Waals surface area contributed by atoms with Crippen LogP contribution in [0.4, 0.5) is 10.5 Å². The van der Waals surface area contributed by atoms with Gasteiger partial charge in [0.1, 0.15) is 5.60 Å². The van der Waals surface area contributed by atoms with E-state index in [1.807, 2.05) is 39.2 Å². The Morgan fingerprint density at radius 3 is 2.08 bits per heavy atom. The Bertz CT molecular complexity index is 603. The first-order valence-electron chi connectivity index (χ1n) is 8.48. The van der Waals surface area contributed by atoms with Gasteiger partial charge in [-0.2, -0.15) is 0 Å². The topological polar surface area (TPSA) is 76.7 Å². The fourth-order valence-electron chi connectivity index (χ4n) is 1.87. The maximum absolute atomic E-state index is 12.4. The van der Waals surface area contributed by atoms with Crippen LogP contribution in [0.1, 0.15) is 41.5 Å². The number of carbonyl (C=O) groups excluding carboxylic acids is 2. The SMILES string of the molecule is CSc1ccc(NC(=O)NC(COC(C)(C)C)C(=O)OC(C)(C)C)cc1. The van der Waals surface area contributed by atoms with Gasteiger partial charge in [0.15, 0.2) is 6.04 Å². The standard InChI is InChI=1S/C19H30N2O4S/c1-18(2,3)24-12-15(16(22)25-19(4,5)6)21-17(23)20-13-8-10-14(26-7)11-9-13/h8-11,15H,12H2,1-7H3,(H2,20,21,23). The average molecular weight is 383 g/mol. The van der Waals surface area contributed by atoms with Crippen molar-refractivity contribution in [1.29, 1.82) is 0 Å². The van der Waals surface area contributed by atoms with Crippen LogP contribution in [0.2, 0.25) is 0 Å². The zero-order valence-corrected chi connectivity index (χ0v) is 17.5. The van der Waals surface area contributed by atoms with Crippen molar-refractivity contribution in [2.24, 2.45) is 0 Å². The molecule has 0 heterocycles. The molecule has 0 radical (unpaired) electrons. The van der Waals surface area contributed by atoms with Gasteiger partial charge in [0.05, 0.1) is 12.2 Å². The van der Waals surface area contributed by atoms with Gasteiger partial charge in [0.2, 0.25) is 0 Å². The average Bonchev–Trinajstić information content (AvgIpc) is 2.49. The number of hydrogen-bond donors (Lipinski definition) is 2. The highest BCUT2D eigenvalue weighted by Gasteiger charge is 2.28. The number of nitrogens with one attached hydrogen (secondary N) is 2. The summed E-state index contributed by atoms with van der Waals surface area (Å²) in [6.45, 7) is 11.0. The van der Waals surface area contributed by atoms with Gasteiger partial charge < -0.3 is 20.1 Å². The fraction of sp³-hybridized carbons (Fsp3) is 0.579. The van der Waals surface area contributed by atoms with Gasteiger partial charge in [0, 0.05) is 10.6 Å². The predicted octanol–water partition coefficient (Wildman–Crippen LogP) is 4.06. The lowest BCUT2D eigenvalue weighted by atomic mass is 10.1. The number of amides is 2. The summed E-state index contributed by atoms with van der Waals surface area (Å²) in [7, 11) is 0. The molecular weight excluding hydrogens is 352 g/mol. The Morgan fingerprint density at radius 1 is 1.04 bits per heavy atom. The molecule has 0 aliphatic heterocycles. The third-order valence-electron chi connectivity index (χ3n) is 3.03. The Morgan fingerprint density at radius 2 is 1.62 bits per heavy atom. The Labute approximate surface area is 160 Å². The number of ether oxygens (including phenoxy) is 2. The molecule has 0 saturated heterocycles. The molecule has 0 fully saturated rings. The van der Waals surface area contributed by atoms with Crippen LogP contribution >= 0.6 is 11.8 Å². The lowest BCUT2D eigenvalue weighted by Gasteiger charge is -2.27. The highest BCUT2D eigenvalue weighted by molar-refractivity contribution is 7.98. The summed E-state index contributed by atoms with van der Waals surface area (Å²) in [5, 5.41) is 5.35. The molecule has 6 nitrogen and oxygen atoms in total. The van der Waals surface area contributed by atoms with Crippen molar-refractivity contribution in [3.63, 3.8) is 0 Å². The van der Waals surface area contributed by atoms with E-state index in [4.69, 9.17) is 9.47 Å². The smallest absolute Gasteiger partial charge is 0.331 e. The van der Waals surface area contributed by atoms with Crippen molar-refractivity contribution in [2.45, 2.75) is 63.7 Å². The van der Waals surface area contributed by atoms with Crippen molar-refractivity contribution in [3.8, 4) is 0 Å². The summed E-state index contributed by atoms with van der Waals surface area (Å²) in [5.41, 5.74) is -0.449. The monoisotopic (exact) mass is 382 g/mol. The lowest BCUT2D eigenvalue weighted by molar-refractivity contribution is -0.160. The Balaban J connectivity index is 2.75. The largest absolute Gasteiger partial charge is 0.458 e. The van der Waals surface area contributed by atoms with Crippen LogP contribution in [0.3, 0.4) is 0 Å². The minimum absolute atomic E-state index is 0.0250. The maximum atomic E-state index is 12.4. The molecule has 1 aromatic carbocycles. The van der Waals surface area contributed by atoms with E-state index < -0.39 is 29.2 Å².